The fourth-order valence-electron chi connectivity index (χ4n) is 8.27. The van der Waals surface area contributed by atoms with E-state index in [2.05, 4.69) is 53.1 Å². The second kappa shape index (κ2) is 14.5. The van der Waals surface area contributed by atoms with Gasteiger partial charge in [0.05, 0.1) is 19.1 Å². The van der Waals surface area contributed by atoms with Crippen molar-refractivity contribution in [3.63, 3.8) is 0 Å². The third kappa shape index (κ3) is 7.43. The van der Waals surface area contributed by atoms with E-state index in [4.69, 9.17) is 4.74 Å². The minimum Gasteiger partial charge on any atom is -0.444 e. The predicted molar refractivity (Wildman–Crippen MR) is 190 cm³/mol. The van der Waals surface area contributed by atoms with E-state index in [-0.39, 0.29) is 48.6 Å². The van der Waals surface area contributed by atoms with Gasteiger partial charge in [0.2, 0.25) is 11.8 Å². The molecule has 1 aromatic carbocycles. The van der Waals surface area contributed by atoms with Crippen LogP contribution in [0.15, 0.2) is 36.9 Å². The van der Waals surface area contributed by atoms with Crippen LogP contribution in [0.4, 0.5) is 4.79 Å². The molecular weight excluding hydrogens is 639 g/mol. The van der Waals surface area contributed by atoms with E-state index in [1.807, 2.05) is 6.07 Å². The van der Waals surface area contributed by atoms with Gasteiger partial charge in [0, 0.05) is 30.2 Å². The maximum atomic E-state index is 14.6. The van der Waals surface area contributed by atoms with Crippen LogP contribution in [0.2, 0.25) is 0 Å². The molecule has 0 spiro atoms. The lowest BCUT2D eigenvalue weighted by atomic mass is 9.94. The summed E-state index contributed by atoms with van der Waals surface area (Å²) in [6, 6.07) is 5.02. The summed E-state index contributed by atoms with van der Waals surface area (Å²) in [4.78, 5) is 59.3. The van der Waals surface area contributed by atoms with Crippen LogP contribution in [0, 0.1) is 11.8 Å². The molecule has 10 nitrogen and oxygen atoms in total. The van der Waals surface area contributed by atoms with Gasteiger partial charge in [-0.3, -0.25) is 24.0 Å². The fraction of sp³-hybridized carbons (Fsp3) is 0.632. The highest BCUT2D eigenvalue weighted by molar-refractivity contribution is 7.98. The molecule has 1 aromatic rings. The third-order valence-electron chi connectivity index (χ3n) is 11.4. The fourth-order valence-corrected chi connectivity index (χ4v) is 9.10. The molecule has 4 fully saturated rings. The Kier molecular flexibility index (Phi) is 10.1. The van der Waals surface area contributed by atoms with E-state index < -0.39 is 29.8 Å². The lowest BCUT2D eigenvalue weighted by Gasteiger charge is -2.33. The van der Waals surface area contributed by atoms with Gasteiger partial charge in [-0.1, -0.05) is 55.7 Å². The molecule has 0 radical (unpaired) electrons. The zero-order chi connectivity index (χ0) is 34.1. The van der Waals surface area contributed by atoms with Crippen molar-refractivity contribution in [2.45, 2.75) is 132 Å². The summed E-state index contributed by atoms with van der Waals surface area (Å²) in [5, 5.41) is 7.19. The first-order valence-electron chi connectivity index (χ1n) is 18.5. The van der Waals surface area contributed by atoms with E-state index in [9.17, 15) is 19.2 Å². The van der Waals surface area contributed by atoms with Crippen LogP contribution in [-0.4, -0.2) is 75.2 Å². The van der Waals surface area contributed by atoms with Crippen molar-refractivity contribution in [3.05, 3.63) is 53.6 Å². The van der Waals surface area contributed by atoms with Crippen molar-refractivity contribution in [1.29, 1.82) is 0 Å². The van der Waals surface area contributed by atoms with Crippen molar-refractivity contribution in [3.8, 4) is 0 Å². The number of carbonyl (C=O) groups is 4. The van der Waals surface area contributed by atoms with E-state index in [0.29, 0.717) is 24.8 Å². The van der Waals surface area contributed by atoms with Crippen molar-refractivity contribution in [1.82, 2.24) is 25.2 Å². The van der Waals surface area contributed by atoms with Gasteiger partial charge in [-0.05, 0) is 92.8 Å². The number of carbonyl (C=O) groups excluding carboxylic acids is 4. The normalized spacial score (nSPS) is 32.9. The molecule has 1 saturated heterocycles. The second-order valence-electron chi connectivity index (χ2n) is 15.1. The maximum Gasteiger partial charge on any atom is 0.410 e. The molecule has 1 unspecified atom stereocenters. The number of fused-ring (bicyclic) bond motifs is 3. The summed E-state index contributed by atoms with van der Waals surface area (Å²) >= 11 is 1.42. The van der Waals surface area contributed by atoms with E-state index >= 15 is 0 Å². The number of ether oxygens (including phenoxy) is 1. The topological polar surface area (TPSA) is 120 Å². The Balaban J connectivity index is 1.14. The molecule has 4 bridgehead atoms. The number of allylic oxidation sites excluding steroid dienone is 1. The lowest BCUT2D eigenvalue weighted by Crippen LogP contribution is -2.58. The molecule has 4 amide bonds. The monoisotopic (exact) mass is 689 g/mol. The second-order valence-corrected chi connectivity index (χ2v) is 16.2. The first kappa shape index (κ1) is 34.2. The third-order valence-corrected chi connectivity index (χ3v) is 12.6. The number of hydrogen-bond acceptors (Lipinski definition) is 7. The van der Waals surface area contributed by atoms with Gasteiger partial charge in [0.25, 0.3) is 5.91 Å². The zero-order valence-electron chi connectivity index (χ0n) is 28.7. The maximum absolute atomic E-state index is 14.6. The quantitative estimate of drug-likeness (QED) is 0.265. The predicted octanol–water partition coefficient (Wildman–Crippen LogP) is 5.22. The zero-order valence-corrected chi connectivity index (χ0v) is 29.5. The van der Waals surface area contributed by atoms with Gasteiger partial charge in [-0.2, -0.15) is 0 Å². The molecule has 3 saturated carbocycles. The highest BCUT2D eigenvalue weighted by Crippen LogP contribution is 2.46. The average Bonchev–Trinajstić information content (AvgIpc) is 3.81. The van der Waals surface area contributed by atoms with Gasteiger partial charge >= 0.3 is 6.09 Å². The molecule has 7 rings (SSSR count). The van der Waals surface area contributed by atoms with Gasteiger partial charge in [-0.15, -0.1) is 6.58 Å². The molecule has 3 aliphatic heterocycles. The molecular formula is C38H51N5O5S. The van der Waals surface area contributed by atoms with Gasteiger partial charge in [0.15, 0.2) is 0 Å². The smallest absolute Gasteiger partial charge is 0.410 e. The summed E-state index contributed by atoms with van der Waals surface area (Å²) in [6.07, 6.45) is 15.9. The molecule has 3 aliphatic carbocycles. The first-order chi connectivity index (χ1) is 23.8. The van der Waals surface area contributed by atoms with Gasteiger partial charge in [0.1, 0.15) is 17.7 Å². The molecule has 49 heavy (non-hydrogen) atoms. The standard InChI is InChI=1S/C38H51N5O5S/c1-3-28-20-38(28,36(46)41-49-30-17-18-30)40-34(44)32-19-29-22-43(32)35(45)33(26-13-8-9-14-26)39-24(2)11-6-4-5-7-12-25-15-10-16-27-21-42(23-31(25)27)37(47)48-29/h3,7,10,12,15-16,24,26,28-30,32-33,39H,1,4-6,8-9,11,13-14,17-23H2,2H3,(H,40,44)(H,41,46)/b12-7+/t24?,28-,29-,32+,33+,38-/m1/s1. The van der Waals surface area contributed by atoms with Crippen molar-refractivity contribution in [2.75, 3.05) is 6.54 Å². The molecule has 0 aromatic heterocycles. The minimum atomic E-state index is -1.08. The minimum absolute atomic E-state index is 0.115. The summed E-state index contributed by atoms with van der Waals surface area (Å²) in [6.45, 7) is 7.11. The molecule has 3 heterocycles. The number of nitrogens with zero attached hydrogens (tertiary/aromatic N) is 2. The largest absolute Gasteiger partial charge is 0.444 e. The van der Waals surface area contributed by atoms with E-state index in [1.54, 1.807) is 15.9 Å². The van der Waals surface area contributed by atoms with Crippen LogP contribution >= 0.6 is 11.9 Å². The van der Waals surface area contributed by atoms with Gasteiger partial charge in [-0.25, -0.2) is 4.79 Å². The molecule has 3 N–H and O–H groups in total. The summed E-state index contributed by atoms with van der Waals surface area (Å²) in [5.74, 6) is -0.730. The van der Waals surface area contributed by atoms with Crippen LogP contribution in [0.1, 0.15) is 101 Å². The number of benzene rings is 1. The van der Waals surface area contributed by atoms with Crippen LogP contribution in [-0.2, 0) is 32.2 Å². The van der Waals surface area contributed by atoms with E-state index in [0.717, 1.165) is 80.9 Å². The molecule has 11 heteroatoms. The highest BCUT2D eigenvalue weighted by atomic mass is 32.2. The number of hydrogen-bond donors (Lipinski definition) is 3. The molecule has 6 aliphatic rings. The summed E-state index contributed by atoms with van der Waals surface area (Å²) in [5.41, 5.74) is 2.29. The Labute approximate surface area is 294 Å². The van der Waals surface area contributed by atoms with Crippen molar-refractivity contribution < 1.29 is 23.9 Å². The highest BCUT2D eigenvalue weighted by Gasteiger charge is 2.61. The average molecular weight is 690 g/mol. The van der Waals surface area contributed by atoms with Crippen molar-refractivity contribution >= 4 is 41.8 Å². The van der Waals surface area contributed by atoms with Crippen LogP contribution in [0.5, 0.6) is 0 Å². The number of nitrogens with one attached hydrogen (secondary N) is 3. The Morgan fingerprint density at radius 3 is 2.63 bits per heavy atom. The summed E-state index contributed by atoms with van der Waals surface area (Å²) < 4.78 is 9.08. The Morgan fingerprint density at radius 2 is 1.88 bits per heavy atom. The van der Waals surface area contributed by atoms with Crippen LogP contribution < -0.4 is 15.4 Å². The number of rotatable bonds is 7. The summed E-state index contributed by atoms with van der Waals surface area (Å²) in [7, 11) is 0. The van der Waals surface area contributed by atoms with Crippen molar-refractivity contribution in [2.24, 2.45) is 11.8 Å². The first-order valence-corrected chi connectivity index (χ1v) is 19.3. The van der Waals surface area contributed by atoms with Crippen LogP contribution in [0.3, 0.4) is 0 Å². The Morgan fingerprint density at radius 1 is 1.08 bits per heavy atom. The lowest BCUT2D eigenvalue weighted by molar-refractivity contribution is -0.142. The van der Waals surface area contributed by atoms with Gasteiger partial charge < -0.3 is 20.3 Å². The SMILES string of the molecule is C=C[C@@H]1C[C@]1(NC(=O)[C@@H]1C[C@@H]2CN1C(=O)[C@H](C1CCCC1)NC(C)CCCC/C=C/c1cccc3c1CN(C3)C(=O)O2)C(=O)NSC1CC1. The Hall–Kier alpha value is -3.31. The molecule has 6 atom stereocenters. The van der Waals surface area contributed by atoms with E-state index in [1.165, 1.54) is 11.9 Å². The Bertz CT molecular complexity index is 1490. The van der Waals surface area contributed by atoms with Crippen LogP contribution in [0.25, 0.3) is 6.08 Å². The number of amides is 4. The molecule has 264 valence electrons.